The zero-order valence-corrected chi connectivity index (χ0v) is 15.6. The summed E-state index contributed by atoms with van der Waals surface area (Å²) in [4.78, 5) is 10.5. The first-order valence-electron chi connectivity index (χ1n) is 8.35. The molecule has 0 saturated carbocycles. The number of rotatable bonds is 5. The van der Waals surface area contributed by atoms with Crippen LogP contribution in [0.4, 0.5) is 4.39 Å². The first-order valence-corrected chi connectivity index (χ1v) is 8.73. The lowest BCUT2D eigenvalue weighted by Gasteiger charge is -2.31. The Balaban J connectivity index is 0.00000225. The molecule has 0 spiro atoms. The van der Waals surface area contributed by atoms with Gasteiger partial charge in [0.15, 0.2) is 0 Å². The van der Waals surface area contributed by atoms with E-state index in [1.807, 2.05) is 12.4 Å². The Labute approximate surface area is 159 Å². The second-order valence-corrected chi connectivity index (χ2v) is 6.66. The predicted molar refractivity (Wildman–Crippen MR) is 100 cm³/mol. The number of hydrogen-bond acceptors (Lipinski definition) is 4. The maximum Gasteiger partial charge on any atom is 0.129 e. The van der Waals surface area contributed by atoms with Crippen LogP contribution in [0.2, 0.25) is 5.02 Å². The fourth-order valence-corrected chi connectivity index (χ4v) is 3.35. The Morgan fingerprint density at radius 3 is 2.72 bits per heavy atom. The van der Waals surface area contributed by atoms with Gasteiger partial charge in [-0.1, -0.05) is 17.7 Å². The molecular formula is C18H23Cl2FN4. The lowest BCUT2D eigenvalue weighted by Crippen LogP contribution is -2.35. The van der Waals surface area contributed by atoms with Crippen molar-refractivity contribution < 1.29 is 4.39 Å². The molecule has 0 bridgehead atoms. The van der Waals surface area contributed by atoms with Gasteiger partial charge in [-0.25, -0.2) is 14.4 Å². The summed E-state index contributed by atoms with van der Waals surface area (Å²) in [6, 6.07) is 5.32. The molecule has 1 aliphatic rings. The molecule has 2 aromatic rings. The van der Waals surface area contributed by atoms with E-state index in [1.54, 1.807) is 12.1 Å². The van der Waals surface area contributed by atoms with Crippen molar-refractivity contribution >= 4 is 24.0 Å². The van der Waals surface area contributed by atoms with Gasteiger partial charge in [0.1, 0.15) is 12.1 Å². The zero-order valence-electron chi connectivity index (χ0n) is 14.0. The number of aromatic nitrogens is 2. The van der Waals surface area contributed by atoms with Crippen LogP contribution >= 0.6 is 24.0 Å². The number of halogens is 3. The molecule has 2 heterocycles. The Bertz CT molecular complexity index is 649. The minimum absolute atomic E-state index is 0. The first kappa shape index (κ1) is 20.0. The van der Waals surface area contributed by atoms with Crippen molar-refractivity contribution in [2.75, 3.05) is 13.1 Å². The fraction of sp³-hybridized carbons (Fsp3) is 0.444. The van der Waals surface area contributed by atoms with Gasteiger partial charge in [-0.05, 0) is 44.5 Å². The smallest absolute Gasteiger partial charge is 0.129 e. The van der Waals surface area contributed by atoms with E-state index in [4.69, 9.17) is 11.6 Å². The van der Waals surface area contributed by atoms with Crippen molar-refractivity contribution in [3.63, 3.8) is 0 Å². The molecule has 1 aliphatic heterocycles. The molecule has 7 heteroatoms. The van der Waals surface area contributed by atoms with Crippen LogP contribution in [-0.4, -0.2) is 34.0 Å². The van der Waals surface area contributed by atoms with Crippen LogP contribution in [0.15, 0.2) is 36.9 Å². The van der Waals surface area contributed by atoms with Crippen LogP contribution in [-0.2, 0) is 13.1 Å². The molecule has 1 atom stereocenters. The lowest BCUT2D eigenvalue weighted by atomic mass is 10.0. The van der Waals surface area contributed by atoms with Gasteiger partial charge in [-0.2, -0.15) is 0 Å². The fourth-order valence-electron chi connectivity index (χ4n) is 3.19. The van der Waals surface area contributed by atoms with Gasteiger partial charge in [0.05, 0.1) is 0 Å². The van der Waals surface area contributed by atoms with Crippen molar-refractivity contribution in [2.45, 2.75) is 38.4 Å². The normalized spacial score (nSPS) is 17.8. The largest absolute Gasteiger partial charge is 0.317 e. The molecule has 136 valence electrons. The summed E-state index contributed by atoms with van der Waals surface area (Å²) in [5, 5.41) is 3.86. The van der Waals surface area contributed by atoms with Gasteiger partial charge in [0, 0.05) is 47.7 Å². The van der Waals surface area contributed by atoms with Crippen LogP contribution in [0.25, 0.3) is 0 Å². The van der Waals surface area contributed by atoms with Crippen molar-refractivity contribution in [1.29, 1.82) is 0 Å². The van der Waals surface area contributed by atoms with Crippen LogP contribution in [0.5, 0.6) is 0 Å². The Kier molecular flexibility index (Phi) is 8.03. The second kappa shape index (κ2) is 10.0. The standard InChI is InChI=1S/C18H22ClFN4.ClH/c19-16-4-3-15(18(20)8-16)12-24(11-14-9-22-13-23-10-14)17-2-1-6-21-7-5-17;/h3-4,8-10,13,17,21H,1-2,5-7,11-12H2;1H. The quantitative estimate of drug-likeness (QED) is 0.849. The van der Waals surface area contributed by atoms with Gasteiger partial charge in [-0.3, -0.25) is 4.90 Å². The molecule has 1 unspecified atom stereocenters. The minimum atomic E-state index is -0.247. The lowest BCUT2D eigenvalue weighted by molar-refractivity contribution is 0.162. The molecular weight excluding hydrogens is 362 g/mol. The highest BCUT2D eigenvalue weighted by Gasteiger charge is 2.21. The maximum absolute atomic E-state index is 14.2. The van der Waals surface area contributed by atoms with E-state index in [9.17, 15) is 4.39 Å². The Morgan fingerprint density at radius 2 is 1.96 bits per heavy atom. The van der Waals surface area contributed by atoms with Crippen LogP contribution < -0.4 is 5.32 Å². The SMILES string of the molecule is Cl.Fc1cc(Cl)ccc1CN(Cc1cncnc1)C1CCCNCC1. The predicted octanol–water partition coefficient (Wildman–Crippen LogP) is 3.84. The molecule has 1 aromatic heterocycles. The Hall–Kier alpha value is -1.27. The summed E-state index contributed by atoms with van der Waals surface area (Å²) in [5.41, 5.74) is 1.72. The van der Waals surface area contributed by atoms with Crippen molar-refractivity contribution in [2.24, 2.45) is 0 Å². The van der Waals surface area contributed by atoms with Crippen molar-refractivity contribution in [3.8, 4) is 0 Å². The molecule has 1 N–H and O–H groups in total. The van der Waals surface area contributed by atoms with E-state index in [0.717, 1.165) is 37.9 Å². The molecule has 0 radical (unpaired) electrons. The van der Waals surface area contributed by atoms with Gasteiger partial charge in [0.25, 0.3) is 0 Å². The van der Waals surface area contributed by atoms with E-state index in [2.05, 4.69) is 20.2 Å². The molecule has 0 aliphatic carbocycles. The third kappa shape index (κ3) is 5.89. The van der Waals surface area contributed by atoms with E-state index < -0.39 is 0 Å². The van der Waals surface area contributed by atoms with Crippen LogP contribution in [0.1, 0.15) is 30.4 Å². The summed E-state index contributed by atoms with van der Waals surface area (Å²) < 4.78 is 14.2. The van der Waals surface area contributed by atoms with E-state index in [1.165, 1.54) is 12.4 Å². The highest BCUT2D eigenvalue weighted by Crippen LogP contribution is 2.22. The Morgan fingerprint density at radius 1 is 1.16 bits per heavy atom. The topological polar surface area (TPSA) is 41.1 Å². The molecule has 4 nitrogen and oxygen atoms in total. The molecule has 3 rings (SSSR count). The average molecular weight is 385 g/mol. The summed E-state index contributed by atoms with van der Waals surface area (Å²) in [5.74, 6) is -0.247. The highest BCUT2D eigenvalue weighted by atomic mass is 35.5. The van der Waals surface area contributed by atoms with Crippen molar-refractivity contribution in [3.05, 3.63) is 58.9 Å². The zero-order chi connectivity index (χ0) is 16.8. The van der Waals surface area contributed by atoms with Crippen molar-refractivity contribution in [1.82, 2.24) is 20.2 Å². The van der Waals surface area contributed by atoms with Gasteiger partial charge in [-0.15, -0.1) is 12.4 Å². The number of benzene rings is 1. The molecule has 1 aromatic carbocycles. The molecule has 1 saturated heterocycles. The van der Waals surface area contributed by atoms with Crippen LogP contribution in [0, 0.1) is 5.82 Å². The summed E-state index contributed by atoms with van der Waals surface area (Å²) in [7, 11) is 0. The summed E-state index contributed by atoms with van der Waals surface area (Å²) >= 11 is 5.88. The number of hydrogen-bond donors (Lipinski definition) is 1. The second-order valence-electron chi connectivity index (χ2n) is 6.22. The molecule has 0 amide bonds. The summed E-state index contributed by atoms with van der Waals surface area (Å²) in [6.45, 7) is 3.32. The first-order chi connectivity index (χ1) is 11.7. The summed E-state index contributed by atoms with van der Waals surface area (Å²) in [6.07, 6.45) is 8.48. The third-order valence-electron chi connectivity index (χ3n) is 4.45. The monoisotopic (exact) mass is 384 g/mol. The maximum atomic E-state index is 14.2. The molecule has 1 fully saturated rings. The molecule has 25 heavy (non-hydrogen) atoms. The highest BCUT2D eigenvalue weighted by molar-refractivity contribution is 6.30. The average Bonchev–Trinajstić information content (AvgIpc) is 2.87. The van der Waals surface area contributed by atoms with Gasteiger partial charge >= 0.3 is 0 Å². The third-order valence-corrected chi connectivity index (χ3v) is 4.68. The number of nitrogens with zero attached hydrogens (tertiary/aromatic N) is 3. The van der Waals surface area contributed by atoms with Gasteiger partial charge < -0.3 is 5.32 Å². The van der Waals surface area contributed by atoms with E-state index in [-0.39, 0.29) is 18.2 Å². The minimum Gasteiger partial charge on any atom is -0.317 e. The van der Waals surface area contributed by atoms with Crippen LogP contribution in [0.3, 0.4) is 0 Å². The van der Waals surface area contributed by atoms with E-state index in [0.29, 0.717) is 29.7 Å². The van der Waals surface area contributed by atoms with E-state index >= 15 is 0 Å². The van der Waals surface area contributed by atoms with Gasteiger partial charge in [0.2, 0.25) is 0 Å². The number of nitrogens with one attached hydrogen (secondary N) is 1.